The number of likely N-dealkylation sites (N-methyl/N-ethyl adjacent to an activating group) is 1. The van der Waals surface area contributed by atoms with E-state index < -0.39 is 5.97 Å². The average molecular weight is 275 g/mol. The van der Waals surface area contributed by atoms with Gasteiger partial charge in [0.1, 0.15) is 12.2 Å². The fourth-order valence-corrected chi connectivity index (χ4v) is 2.01. The van der Waals surface area contributed by atoms with Crippen LogP contribution in [0, 0.1) is 0 Å². The first kappa shape index (κ1) is 13.9. The van der Waals surface area contributed by atoms with Crippen molar-refractivity contribution in [1.29, 1.82) is 0 Å². The van der Waals surface area contributed by atoms with Crippen LogP contribution in [-0.2, 0) is 9.53 Å². The largest absolute Gasteiger partial charge is 0.468 e. The van der Waals surface area contributed by atoms with Crippen molar-refractivity contribution in [3.05, 3.63) is 30.0 Å². The first-order valence-corrected chi connectivity index (χ1v) is 6.30. The third kappa shape index (κ3) is 2.59. The number of aromatic amines is 1. The van der Waals surface area contributed by atoms with Gasteiger partial charge in [-0.2, -0.15) is 0 Å². The summed E-state index contributed by atoms with van der Waals surface area (Å²) in [6.07, 6.45) is 0. The molecule has 0 saturated carbocycles. The van der Waals surface area contributed by atoms with E-state index in [0.717, 1.165) is 10.9 Å². The van der Waals surface area contributed by atoms with Gasteiger partial charge in [-0.25, -0.2) is 0 Å². The minimum atomic E-state index is -0.448. The van der Waals surface area contributed by atoms with Gasteiger partial charge in [-0.15, -0.1) is 0 Å². The minimum absolute atomic E-state index is 0.0727. The molecule has 106 valence electrons. The predicted molar refractivity (Wildman–Crippen MR) is 76.3 cm³/mol. The van der Waals surface area contributed by atoms with Crippen molar-refractivity contribution in [3.63, 3.8) is 0 Å². The van der Waals surface area contributed by atoms with Crippen molar-refractivity contribution in [2.75, 3.05) is 25.9 Å². The Hall–Kier alpha value is -2.50. The lowest BCUT2D eigenvalue weighted by atomic mass is 10.2. The molecule has 0 atom stereocenters. The van der Waals surface area contributed by atoms with Crippen LogP contribution in [-0.4, -0.2) is 42.0 Å². The molecule has 0 fully saturated rings. The Balaban J connectivity index is 2.30. The van der Waals surface area contributed by atoms with Gasteiger partial charge in [-0.1, -0.05) is 12.1 Å². The van der Waals surface area contributed by atoms with E-state index in [1.165, 1.54) is 12.0 Å². The van der Waals surface area contributed by atoms with E-state index in [2.05, 4.69) is 9.72 Å². The van der Waals surface area contributed by atoms with Crippen LogP contribution in [0.2, 0.25) is 0 Å². The Morgan fingerprint density at radius 3 is 2.75 bits per heavy atom. The fourth-order valence-electron chi connectivity index (χ4n) is 2.01. The van der Waals surface area contributed by atoms with Gasteiger partial charge in [-0.05, 0) is 19.1 Å². The maximum atomic E-state index is 12.4. The number of hydrogen-bond donors (Lipinski definition) is 2. The molecule has 6 nitrogen and oxygen atoms in total. The van der Waals surface area contributed by atoms with E-state index in [0.29, 0.717) is 17.9 Å². The van der Waals surface area contributed by atoms with Crippen LogP contribution in [0.4, 0.5) is 5.69 Å². The smallest absolute Gasteiger partial charge is 0.325 e. The molecule has 1 aromatic heterocycles. The van der Waals surface area contributed by atoms with Gasteiger partial charge in [0.15, 0.2) is 0 Å². The molecular weight excluding hydrogens is 258 g/mol. The Bertz CT molecular complexity index is 648. The molecule has 0 unspecified atom stereocenters. The number of esters is 1. The summed E-state index contributed by atoms with van der Waals surface area (Å²) in [4.78, 5) is 28.1. The zero-order chi connectivity index (χ0) is 14.7. The summed E-state index contributed by atoms with van der Waals surface area (Å²) in [5.41, 5.74) is 7.56. The summed E-state index contributed by atoms with van der Waals surface area (Å²) in [6, 6.07) is 7.19. The molecule has 1 aromatic carbocycles. The lowest BCUT2D eigenvalue weighted by molar-refractivity contribution is -0.141. The summed E-state index contributed by atoms with van der Waals surface area (Å²) in [5.74, 6) is -0.704. The van der Waals surface area contributed by atoms with Crippen LogP contribution >= 0.6 is 0 Å². The molecule has 1 amide bonds. The van der Waals surface area contributed by atoms with Crippen molar-refractivity contribution in [1.82, 2.24) is 9.88 Å². The number of nitrogens with two attached hydrogens (primary N) is 1. The number of aromatic nitrogens is 1. The maximum Gasteiger partial charge on any atom is 0.325 e. The number of ether oxygens (including phenoxy) is 1. The molecule has 0 aliphatic carbocycles. The summed E-state index contributed by atoms with van der Waals surface area (Å²) in [7, 11) is 1.30. The minimum Gasteiger partial charge on any atom is -0.468 e. The Kier molecular flexibility index (Phi) is 3.93. The highest BCUT2D eigenvalue weighted by Crippen LogP contribution is 2.21. The Morgan fingerprint density at radius 2 is 2.15 bits per heavy atom. The topological polar surface area (TPSA) is 88.4 Å². The van der Waals surface area contributed by atoms with Crippen LogP contribution in [0.1, 0.15) is 17.4 Å². The van der Waals surface area contributed by atoms with Crippen molar-refractivity contribution in [3.8, 4) is 0 Å². The molecule has 1 heterocycles. The van der Waals surface area contributed by atoms with E-state index in [1.807, 2.05) is 12.1 Å². The number of hydrogen-bond acceptors (Lipinski definition) is 4. The molecule has 20 heavy (non-hydrogen) atoms. The lowest BCUT2D eigenvalue weighted by Crippen LogP contribution is -2.36. The van der Waals surface area contributed by atoms with Gasteiger partial charge in [-0.3, -0.25) is 9.59 Å². The van der Waals surface area contributed by atoms with E-state index >= 15 is 0 Å². The van der Waals surface area contributed by atoms with Gasteiger partial charge >= 0.3 is 5.97 Å². The lowest BCUT2D eigenvalue weighted by Gasteiger charge is -2.18. The molecule has 3 N–H and O–H groups in total. The van der Waals surface area contributed by atoms with Crippen LogP contribution < -0.4 is 5.73 Å². The highest BCUT2D eigenvalue weighted by molar-refractivity contribution is 6.01. The van der Waals surface area contributed by atoms with Crippen LogP contribution in [0.25, 0.3) is 10.9 Å². The van der Waals surface area contributed by atoms with Gasteiger partial charge in [0, 0.05) is 11.9 Å². The highest BCUT2D eigenvalue weighted by Gasteiger charge is 2.19. The van der Waals surface area contributed by atoms with Crippen LogP contribution in [0.3, 0.4) is 0 Å². The number of fused-ring (bicyclic) bond motifs is 1. The van der Waals surface area contributed by atoms with Crippen molar-refractivity contribution in [2.45, 2.75) is 6.92 Å². The number of nitrogens with one attached hydrogen (secondary N) is 1. The fraction of sp³-hybridized carbons (Fsp3) is 0.286. The number of H-pyrrole nitrogens is 1. The van der Waals surface area contributed by atoms with Crippen LogP contribution in [0.15, 0.2) is 24.3 Å². The molecule has 6 heteroatoms. The molecule has 0 aliphatic heterocycles. The number of anilines is 1. The highest BCUT2D eigenvalue weighted by atomic mass is 16.5. The standard InChI is InChI=1S/C14H17N3O3/c1-3-17(8-12(18)20-2)14(19)11-7-9-5-4-6-10(15)13(9)16-11/h4-7,16H,3,8,15H2,1-2H3. The monoisotopic (exact) mass is 275 g/mol. The second-order valence-electron chi connectivity index (χ2n) is 4.39. The first-order valence-electron chi connectivity index (χ1n) is 6.30. The third-order valence-electron chi connectivity index (χ3n) is 3.14. The second kappa shape index (κ2) is 5.64. The molecule has 0 bridgehead atoms. The number of carbonyl (C=O) groups is 2. The number of nitrogens with zero attached hydrogens (tertiary/aromatic N) is 1. The van der Waals surface area contributed by atoms with E-state index in [9.17, 15) is 9.59 Å². The number of methoxy groups -OCH3 is 1. The molecule has 2 aromatic rings. The number of benzene rings is 1. The second-order valence-corrected chi connectivity index (χ2v) is 4.39. The number of rotatable bonds is 4. The molecule has 0 saturated heterocycles. The third-order valence-corrected chi connectivity index (χ3v) is 3.14. The SMILES string of the molecule is CCN(CC(=O)OC)C(=O)c1cc2cccc(N)c2[nH]1. The Labute approximate surface area is 116 Å². The number of nitrogen functional groups attached to an aromatic ring is 1. The molecule has 0 radical (unpaired) electrons. The van der Waals surface area contributed by atoms with Crippen molar-refractivity contribution < 1.29 is 14.3 Å². The van der Waals surface area contributed by atoms with E-state index in [4.69, 9.17) is 5.73 Å². The summed E-state index contributed by atoms with van der Waals surface area (Å²) < 4.78 is 4.58. The summed E-state index contributed by atoms with van der Waals surface area (Å²) >= 11 is 0. The quantitative estimate of drug-likeness (QED) is 0.652. The molecule has 0 aliphatic rings. The summed E-state index contributed by atoms with van der Waals surface area (Å²) in [5, 5.41) is 0.863. The molecule has 2 rings (SSSR count). The number of amides is 1. The molecular formula is C14H17N3O3. The zero-order valence-corrected chi connectivity index (χ0v) is 11.5. The number of para-hydroxylation sites is 1. The van der Waals surface area contributed by atoms with Crippen molar-refractivity contribution >= 4 is 28.5 Å². The maximum absolute atomic E-state index is 12.4. The van der Waals surface area contributed by atoms with E-state index in [-0.39, 0.29) is 12.5 Å². The van der Waals surface area contributed by atoms with Gasteiger partial charge in [0.2, 0.25) is 0 Å². The number of carbonyl (C=O) groups excluding carboxylic acids is 2. The van der Waals surface area contributed by atoms with E-state index in [1.54, 1.807) is 19.1 Å². The average Bonchev–Trinajstić information content (AvgIpc) is 2.89. The predicted octanol–water partition coefficient (Wildman–Crippen LogP) is 1.39. The molecule has 0 spiro atoms. The van der Waals surface area contributed by atoms with Crippen molar-refractivity contribution in [2.24, 2.45) is 0 Å². The summed E-state index contributed by atoms with van der Waals surface area (Å²) in [6.45, 7) is 2.15. The van der Waals surface area contributed by atoms with Gasteiger partial charge < -0.3 is 20.4 Å². The zero-order valence-electron chi connectivity index (χ0n) is 11.5. The van der Waals surface area contributed by atoms with Gasteiger partial charge in [0.05, 0.1) is 18.3 Å². The normalized spacial score (nSPS) is 10.5. The van der Waals surface area contributed by atoms with Gasteiger partial charge in [0.25, 0.3) is 5.91 Å². The van der Waals surface area contributed by atoms with Crippen LogP contribution in [0.5, 0.6) is 0 Å². The Morgan fingerprint density at radius 1 is 1.40 bits per heavy atom. The first-order chi connectivity index (χ1) is 9.56.